The van der Waals surface area contributed by atoms with Crippen LogP contribution in [-0.2, 0) is 4.79 Å². The highest BCUT2D eigenvalue weighted by Gasteiger charge is 2.26. The first kappa shape index (κ1) is 17.3. The fraction of sp³-hybridized carbons (Fsp3) is 0.632. The largest absolute Gasteiger partial charge is 0.353 e. The number of carbonyl (C=O) groups is 1. The van der Waals surface area contributed by atoms with Gasteiger partial charge in [0.1, 0.15) is 0 Å². The van der Waals surface area contributed by atoms with Crippen LogP contribution in [0.1, 0.15) is 70.3 Å². The van der Waals surface area contributed by atoms with Gasteiger partial charge in [-0.2, -0.15) is 0 Å². The smallest absolute Gasteiger partial charge is 0.228 e. The molecule has 1 aliphatic carbocycles. The maximum Gasteiger partial charge on any atom is 0.228 e. The van der Waals surface area contributed by atoms with Gasteiger partial charge in [-0.05, 0) is 36.5 Å². The quantitative estimate of drug-likeness (QED) is 0.800. The predicted molar refractivity (Wildman–Crippen MR) is 93.3 cm³/mol. The molecule has 1 saturated carbocycles. The predicted octanol–water partition coefficient (Wildman–Crippen LogP) is 5.31. The Bertz CT molecular complexity index is 461. The van der Waals surface area contributed by atoms with E-state index in [1.54, 1.807) is 0 Å². The minimum absolute atomic E-state index is 0.0947. The summed E-state index contributed by atoms with van der Waals surface area (Å²) in [5.41, 5.74) is 1.06. The van der Waals surface area contributed by atoms with E-state index in [1.807, 2.05) is 24.3 Å². The molecule has 1 unspecified atom stereocenters. The third kappa shape index (κ3) is 5.01. The SMILES string of the molecule is CC(C)C(C(=O)NC1CCCCCCC1)c1ccc(Cl)cc1. The van der Waals surface area contributed by atoms with Crippen LogP contribution in [0.3, 0.4) is 0 Å². The van der Waals surface area contributed by atoms with Gasteiger partial charge >= 0.3 is 0 Å². The molecule has 1 fully saturated rings. The molecule has 0 spiro atoms. The molecule has 0 radical (unpaired) electrons. The van der Waals surface area contributed by atoms with Crippen LogP contribution in [0.15, 0.2) is 24.3 Å². The molecule has 1 aliphatic rings. The van der Waals surface area contributed by atoms with Crippen molar-refractivity contribution >= 4 is 17.5 Å². The van der Waals surface area contributed by atoms with Crippen LogP contribution in [0.2, 0.25) is 5.02 Å². The molecular formula is C19H28ClNO. The first-order valence-electron chi connectivity index (χ1n) is 8.64. The second kappa shape index (κ2) is 8.57. The van der Waals surface area contributed by atoms with Gasteiger partial charge in [-0.1, -0.05) is 69.7 Å². The van der Waals surface area contributed by atoms with Gasteiger partial charge in [0, 0.05) is 11.1 Å². The molecule has 1 aromatic rings. The second-order valence-electron chi connectivity index (χ2n) is 6.82. The maximum atomic E-state index is 12.8. The Balaban J connectivity index is 2.04. The van der Waals surface area contributed by atoms with Crippen molar-refractivity contribution in [3.63, 3.8) is 0 Å². The molecule has 22 heavy (non-hydrogen) atoms. The molecule has 0 bridgehead atoms. The fourth-order valence-corrected chi connectivity index (χ4v) is 3.53. The minimum atomic E-state index is -0.0947. The minimum Gasteiger partial charge on any atom is -0.353 e. The van der Waals surface area contributed by atoms with Gasteiger partial charge in [0.25, 0.3) is 0 Å². The Hall–Kier alpha value is -1.02. The van der Waals surface area contributed by atoms with E-state index in [0.29, 0.717) is 11.1 Å². The summed E-state index contributed by atoms with van der Waals surface area (Å²) in [6.07, 6.45) is 8.67. The van der Waals surface area contributed by atoms with Crippen molar-refractivity contribution in [3.8, 4) is 0 Å². The van der Waals surface area contributed by atoms with Crippen molar-refractivity contribution in [2.45, 2.75) is 70.8 Å². The van der Waals surface area contributed by atoms with Gasteiger partial charge in [-0.25, -0.2) is 0 Å². The highest BCUT2D eigenvalue weighted by Crippen LogP contribution is 2.27. The highest BCUT2D eigenvalue weighted by molar-refractivity contribution is 6.30. The van der Waals surface area contributed by atoms with Gasteiger partial charge in [0.2, 0.25) is 5.91 Å². The van der Waals surface area contributed by atoms with Gasteiger partial charge in [0.05, 0.1) is 5.92 Å². The third-order valence-corrected chi connectivity index (χ3v) is 4.88. The van der Waals surface area contributed by atoms with E-state index in [1.165, 1.54) is 32.1 Å². The lowest BCUT2D eigenvalue weighted by atomic mass is 9.87. The average molecular weight is 322 g/mol. The van der Waals surface area contributed by atoms with E-state index in [0.717, 1.165) is 18.4 Å². The number of benzene rings is 1. The van der Waals surface area contributed by atoms with Crippen molar-refractivity contribution in [2.75, 3.05) is 0 Å². The molecule has 122 valence electrons. The first-order chi connectivity index (χ1) is 10.6. The Kier molecular flexibility index (Phi) is 6.75. The molecule has 1 aromatic carbocycles. The number of amides is 1. The molecular weight excluding hydrogens is 294 g/mol. The maximum absolute atomic E-state index is 12.8. The summed E-state index contributed by atoms with van der Waals surface area (Å²) in [6.45, 7) is 4.22. The lowest BCUT2D eigenvalue weighted by Crippen LogP contribution is -2.39. The van der Waals surface area contributed by atoms with E-state index < -0.39 is 0 Å². The Morgan fingerprint density at radius 3 is 2.14 bits per heavy atom. The van der Waals surface area contributed by atoms with Crippen molar-refractivity contribution in [1.29, 1.82) is 0 Å². The Morgan fingerprint density at radius 1 is 1.05 bits per heavy atom. The lowest BCUT2D eigenvalue weighted by molar-refractivity contribution is -0.124. The van der Waals surface area contributed by atoms with Gasteiger partial charge in [-0.3, -0.25) is 4.79 Å². The standard InChI is InChI=1S/C19H28ClNO/c1-14(2)18(15-10-12-16(20)13-11-15)19(22)21-17-8-6-4-3-5-7-9-17/h10-14,17-18H,3-9H2,1-2H3,(H,21,22). The van der Waals surface area contributed by atoms with E-state index in [2.05, 4.69) is 19.2 Å². The zero-order valence-electron chi connectivity index (χ0n) is 13.8. The topological polar surface area (TPSA) is 29.1 Å². The number of carbonyl (C=O) groups excluding carboxylic acids is 1. The van der Waals surface area contributed by atoms with Crippen LogP contribution < -0.4 is 5.32 Å². The van der Waals surface area contributed by atoms with Gasteiger partial charge in [0.15, 0.2) is 0 Å². The number of nitrogens with one attached hydrogen (secondary N) is 1. The zero-order chi connectivity index (χ0) is 15.9. The van der Waals surface area contributed by atoms with E-state index >= 15 is 0 Å². The van der Waals surface area contributed by atoms with E-state index in [-0.39, 0.29) is 17.7 Å². The van der Waals surface area contributed by atoms with Crippen molar-refractivity contribution in [2.24, 2.45) is 5.92 Å². The molecule has 0 aromatic heterocycles. The molecule has 0 heterocycles. The summed E-state index contributed by atoms with van der Waals surface area (Å²) >= 11 is 5.96. The summed E-state index contributed by atoms with van der Waals surface area (Å²) in [5, 5.41) is 4.02. The van der Waals surface area contributed by atoms with Crippen LogP contribution in [0, 0.1) is 5.92 Å². The fourth-order valence-electron chi connectivity index (χ4n) is 3.40. The number of rotatable bonds is 4. The summed E-state index contributed by atoms with van der Waals surface area (Å²) < 4.78 is 0. The van der Waals surface area contributed by atoms with Crippen LogP contribution in [0.4, 0.5) is 0 Å². The number of hydrogen-bond acceptors (Lipinski definition) is 1. The highest BCUT2D eigenvalue weighted by atomic mass is 35.5. The normalized spacial score (nSPS) is 18.5. The van der Waals surface area contributed by atoms with Gasteiger partial charge < -0.3 is 5.32 Å². The van der Waals surface area contributed by atoms with Crippen LogP contribution >= 0.6 is 11.6 Å². The lowest BCUT2D eigenvalue weighted by Gasteiger charge is -2.26. The second-order valence-corrected chi connectivity index (χ2v) is 7.26. The van der Waals surface area contributed by atoms with E-state index in [4.69, 9.17) is 11.6 Å². The summed E-state index contributed by atoms with van der Waals surface area (Å²) in [7, 11) is 0. The monoisotopic (exact) mass is 321 g/mol. The number of hydrogen-bond donors (Lipinski definition) is 1. The summed E-state index contributed by atoms with van der Waals surface area (Å²) in [6, 6.07) is 8.04. The van der Waals surface area contributed by atoms with Crippen LogP contribution in [0.5, 0.6) is 0 Å². The molecule has 1 amide bonds. The summed E-state index contributed by atoms with van der Waals surface area (Å²) in [4.78, 5) is 12.8. The average Bonchev–Trinajstić information content (AvgIpc) is 2.43. The van der Waals surface area contributed by atoms with Crippen LogP contribution in [-0.4, -0.2) is 11.9 Å². The molecule has 3 heteroatoms. The molecule has 0 aliphatic heterocycles. The molecule has 0 saturated heterocycles. The third-order valence-electron chi connectivity index (χ3n) is 4.63. The summed E-state index contributed by atoms with van der Waals surface area (Å²) in [5.74, 6) is 0.348. The molecule has 1 N–H and O–H groups in total. The molecule has 2 nitrogen and oxygen atoms in total. The molecule has 1 atom stereocenters. The Labute approximate surface area is 139 Å². The first-order valence-corrected chi connectivity index (χ1v) is 9.01. The van der Waals surface area contributed by atoms with Gasteiger partial charge in [-0.15, -0.1) is 0 Å². The van der Waals surface area contributed by atoms with Crippen molar-refractivity contribution in [3.05, 3.63) is 34.9 Å². The molecule has 2 rings (SSSR count). The van der Waals surface area contributed by atoms with Crippen molar-refractivity contribution in [1.82, 2.24) is 5.32 Å². The van der Waals surface area contributed by atoms with Crippen molar-refractivity contribution < 1.29 is 4.79 Å². The zero-order valence-corrected chi connectivity index (χ0v) is 14.5. The number of halogens is 1. The Morgan fingerprint density at radius 2 is 1.59 bits per heavy atom. The van der Waals surface area contributed by atoms with Crippen LogP contribution in [0.25, 0.3) is 0 Å². The van der Waals surface area contributed by atoms with E-state index in [9.17, 15) is 4.79 Å².